The van der Waals surface area contributed by atoms with Crippen LogP contribution in [0, 0.1) is 0 Å². The van der Waals surface area contributed by atoms with Gasteiger partial charge in [-0.1, -0.05) is 12.2 Å². The van der Waals surface area contributed by atoms with Gasteiger partial charge in [0.2, 0.25) is 0 Å². The lowest BCUT2D eigenvalue weighted by Gasteiger charge is -2.08. The average Bonchev–Trinajstić information content (AvgIpc) is 2.58. The fourth-order valence-corrected chi connectivity index (χ4v) is 2.15. The molecule has 4 heteroatoms. The van der Waals surface area contributed by atoms with Crippen molar-refractivity contribution >= 4 is 17.2 Å². The Balaban J connectivity index is 2.73. The van der Waals surface area contributed by atoms with Gasteiger partial charge in [-0.2, -0.15) is 0 Å². The molecule has 0 aliphatic heterocycles. The van der Waals surface area contributed by atoms with E-state index in [2.05, 4.69) is 0 Å². The van der Waals surface area contributed by atoms with Gasteiger partial charge in [-0.15, -0.1) is 0 Å². The van der Waals surface area contributed by atoms with Crippen LogP contribution in [0.3, 0.4) is 0 Å². The summed E-state index contributed by atoms with van der Waals surface area (Å²) in [5.74, 6) is 0. The summed E-state index contributed by atoms with van der Waals surface area (Å²) in [5, 5.41) is 0. The number of aryl methyl sites for hydroxylation is 1. The molecule has 14 heavy (non-hydrogen) atoms. The molecule has 3 nitrogen and oxygen atoms in total. The minimum atomic E-state index is -0.0712. The zero-order valence-corrected chi connectivity index (χ0v) is 8.86. The smallest absolute Gasteiger partial charge is 0.260 e. The monoisotopic (exact) mass is 208 g/mol. The molecule has 0 unspecified atom stereocenters. The lowest BCUT2D eigenvalue weighted by atomic mass is 10.1. The molecule has 0 aromatic carbocycles. The second kappa shape index (κ2) is 3.20. The van der Waals surface area contributed by atoms with E-state index in [0.717, 1.165) is 25.0 Å². The van der Waals surface area contributed by atoms with E-state index in [-0.39, 0.29) is 10.5 Å². The fraction of sp³-hybridized carbons (Fsp3) is 0.400. The molecule has 0 atom stereocenters. The number of nitrogens with zero attached hydrogens (tertiary/aromatic N) is 1. The Hall–Kier alpha value is -1.16. The number of thiocarbonyl (C=S) groups is 1. The van der Waals surface area contributed by atoms with Crippen LogP contribution in [-0.2, 0) is 19.9 Å². The summed E-state index contributed by atoms with van der Waals surface area (Å²) < 4.78 is 1.68. The highest BCUT2D eigenvalue weighted by Crippen LogP contribution is 2.20. The predicted octanol–water partition coefficient (Wildman–Crippen LogP) is 0.508. The van der Waals surface area contributed by atoms with Crippen molar-refractivity contribution in [3.8, 4) is 0 Å². The van der Waals surface area contributed by atoms with Crippen molar-refractivity contribution in [1.29, 1.82) is 0 Å². The number of fused-ring (bicyclic) bond motifs is 1. The van der Waals surface area contributed by atoms with E-state index in [1.54, 1.807) is 11.6 Å². The predicted molar refractivity (Wildman–Crippen MR) is 59.6 cm³/mol. The standard InChI is InChI=1S/C10H12N2OS/c1-12-8-4-2-3-6(8)5-7(9(11)14)10(12)13/h5H,2-4H2,1H3,(H2,11,14). The molecule has 0 radical (unpaired) electrons. The van der Waals surface area contributed by atoms with Gasteiger partial charge in [-0.25, -0.2) is 0 Å². The van der Waals surface area contributed by atoms with Gasteiger partial charge in [-0.05, 0) is 30.9 Å². The third kappa shape index (κ3) is 1.26. The van der Waals surface area contributed by atoms with E-state index in [1.807, 2.05) is 6.07 Å². The second-order valence-electron chi connectivity index (χ2n) is 3.61. The highest BCUT2D eigenvalue weighted by Gasteiger charge is 2.17. The zero-order chi connectivity index (χ0) is 10.3. The van der Waals surface area contributed by atoms with Crippen molar-refractivity contribution < 1.29 is 0 Å². The molecule has 74 valence electrons. The van der Waals surface area contributed by atoms with Gasteiger partial charge in [0.15, 0.2) is 0 Å². The number of pyridine rings is 1. The Morgan fingerprint density at radius 1 is 1.57 bits per heavy atom. The Labute approximate surface area is 87.5 Å². The highest BCUT2D eigenvalue weighted by molar-refractivity contribution is 7.80. The summed E-state index contributed by atoms with van der Waals surface area (Å²) in [7, 11) is 1.79. The number of nitrogens with two attached hydrogens (primary N) is 1. The molecule has 0 fully saturated rings. The first-order chi connectivity index (χ1) is 6.61. The molecular formula is C10H12N2OS. The third-order valence-electron chi connectivity index (χ3n) is 2.75. The van der Waals surface area contributed by atoms with Crippen molar-refractivity contribution in [3.63, 3.8) is 0 Å². The summed E-state index contributed by atoms with van der Waals surface area (Å²) in [6, 6.07) is 1.85. The van der Waals surface area contributed by atoms with Crippen LogP contribution in [0.2, 0.25) is 0 Å². The third-order valence-corrected chi connectivity index (χ3v) is 2.97. The molecule has 2 N–H and O–H groups in total. The van der Waals surface area contributed by atoms with Crippen molar-refractivity contribution in [2.45, 2.75) is 19.3 Å². The summed E-state index contributed by atoms with van der Waals surface area (Å²) >= 11 is 4.84. The first-order valence-corrected chi connectivity index (χ1v) is 5.03. The number of hydrogen-bond acceptors (Lipinski definition) is 2. The molecular weight excluding hydrogens is 196 g/mol. The molecule has 1 aliphatic rings. The van der Waals surface area contributed by atoms with Crippen LogP contribution in [0.5, 0.6) is 0 Å². The first kappa shape index (κ1) is 9.40. The topological polar surface area (TPSA) is 48.0 Å². The quantitative estimate of drug-likeness (QED) is 0.684. The van der Waals surface area contributed by atoms with Gasteiger partial charge in [0.05, 0.1) is 5.56 Å². The van der Waals surface area contributed by atoms with Gasteiger partial charge in [0.25, 0.3) is 5.56 Å². The molecule has 1 aliphatic carbocycles. The molecule has 0 amide bonds. The van der Waals surface area contributed by atoms with Crippen molar-refractivity contribution in [3.05, 3.63) is 33.2 Å². The maximum absolute atomic E-state index is 11.8. The van der Waals surface area contributed by atoms with Crippen molar-refractivity contribution in [2.24, 2.45) is 12.8 Å². The van der Waals surface area contributed by atoms with E-state index < -0.39 is 0 Å². The lowest BCUT2D eigenvalue weighted by Crippen LogP contribution is -2.29. The molecule has 0 saturated heterocycles. The molecule has 0 bridgehead atoms. The van der Waals surface area contributed by atoms with Crippen molar-refractivity contribution in [2.75, 3.05) is 0 Å². The van der Waals surface area contributed by atoms with Gasteiger partial charge < -0.3 is 10.3 Å². The maximum atomic E-state index is 11.8. The number of aromatic nitrogens is 1. The summed E-state index contributed by atoms with van der Waals surface area (Å²) in [5.41, 5.74) is 8.25. The summed E-state index contributed by atoms with van der Waals surface area (Å²) in [6.07, 6.45) is 3.13. The fourth-order valence-electron chi connectivity index (χ4n) is 2.01. The SMILES string of the molecule is Cn1c2c(cc(C(N)=S)c1=O)CCC2. The molecule has 0 spiro atoms. The van der Waals surface area contributed by atoms with Crippen LogP contribution in [0.25, 0.3) is 0 Å². The van der Waals surface area contributed by atoms with Crippen LogP contribution in [0.15, 0.2) is 10.9 Å². The summed E-state index contributed by atoms with van der Waals surface area (Å²) in [6.45, 7) is 0. The lowest BCUT2D eigenvalue weighted by molar-refractivity contribution is 0.777. The van der Waals surface area contributed by atoms with Crippen molar-refractivity contribution in [1.82, 2.24) is 4.57 Å². The van der Waals surface area contributed by atoms with Crippen LogP contribution in [0.1, 0.15) is 23.2 Å². The van der Waals surface area contributed by atoms with Gasteiger partial charge in [0, 0.05) is 12.7 Å². The molecule has 2 rings (SSSR count). The van der Waals surface area contributed by atoms with E-state index >= 15 is 0 Å². The normalized spacial score (nSPS) is 14.1. The largest absolute Gasteiger partial charge is 0.389 e. The zero-order valence-electron chi connectivity index (χ0n) is 8.04. The highest BCUT2D eigenvalue weighted by atomic mass is 32.1. The number of rotatable bonds is 1. The molecule has 1 heterocycles. The maximum Gasteiger partial charge on any atom is 0.260 e. The second-order valence-corrected chi connectivity index (χ2v) is 4.05. The molecule has 1 aromatic rings. The van der Waals surface area contributed by atoms with Gasteiger partial charge in [0.1, 0.15) is 4.99 Å². The number of hydrogen-bond donors (Lipinski definition) is 1. The van der Waals surface area contributed by atoms with Crippen LogP contribution >= 0.6 is 12.2 Å². The Kier molecular flexibility index (Phi) is 2.15. The first-order valence-electron chi connectivity index (χ1n) is 4.63. The van der Waals surface area contributed by atoms with Crippen LogP contribution < -0.4 is 11.3 Å². The van der Waals surface area contributed by atoms with Gasteiger partial charge >= 0.3 is 0 Å². The molecule has 1 aromatic heterocycles. The minimum absolute atomic E-state index is 0.0712. The van der Waals surface area contributed by atoms with Gasteiger partial charge in [-0.3, -0.25) is 4.79 Å². The van der Waals surface area contributed by atoms with E-state index in [0.29, 0.717) is 5.56 Å². The average molecular weight is 208 g/mol. The van der Waals surface area contributed by atoms with E-state index in [4.69, 9.17) is 18.0 Å². The molecule has 0 saturated carbocycles. The van der Waals surface area contributed by atoms with E-state index in [9.17, 15) is 4.79 Å². The van der Waals surface area contributed by atoms with E-state index in [1.165, 1.54) is 5.56 Å². The van der Waals surface area contributed by atoms with Crippen LogP contribution in [-0.4, -0.2) is 9.56 Å². The Bertz CT molecular complexity index is 462. The van der Waals surface area contributed by atoms with Crippen LogP contribution in [0.4, 0.5) is 0 Å². The Morgan fingerprint density at radius 3 is 2.93 bits per heavy atom. The summed E-state index contributed by atoms with van der Waals surface area (Å²) in [4.78, 5) is 12.0. The minimum Gasteiger partial charge on any atom is -0.389 e. The Morgan fingerprint density at radius 2 is 2.29 bits per heavy atom.